The fourth-order valence-corrected chi connectivity index (χ4v) is 8.51. The molecule has 0 saturated heterocycles. The minimum absolute atomic E-state index is 0.944. The molecule has 65 heavy (non-hydrogen) atoms. The molecule has 0 saturated carbocycles. The summed E-state index contributed by atoms with van der Waals surface area (Å²) in [6.45, 7) is 8.97. The second-order valence-corrected chi connectivity index (χ2v) is 16.3. The molecule has 0 bridgehead atoms. The van der Waals surface area contributed by atoms with E-state index in [1.165, 1.54) is 55.9 Å². The van der Waals surface area contributed by atoms with Crippen LogP contribution in [0, 0.1) is 6.92 Å². The summed E-state index contributed by atoms with van der Waals surface area (Å²) < 4.78 is 0. The molecule has 0 N–H and O–H groups in total. The largest absolute Gasteiger partial charge is 0.310 e. The van der Waals surface area contributed by atoms with Gasteiger partial charge in [-0.2, -0.15) is 0 Å². The Labute approximate surface area is 387 Å². The van der Waals surface area contributed by atoms with Crippen molar-refractivity contribution in [1.29, 1.82) is 0 Å². The van der Waals surface area contributed by atoms with E-state index in [0.717, 1.165) is 53.1 Å². The topological polar surface area (TPSA) is 6.48 Å². The molecule has 320 valence electrons. The molecule has 8 aromatic rings. The minimum Gasteiger partial charge on any atom is -0.310 e. The van der Waals surface area contributed by atoms with Gasteiger partial charge in [0.25, 0.3) is 0 Å². The summed E-state index contributed by atoms with van der Waals surface area (Å²) in [7, 11) is 0. The van der Waals surface area contributed by atoms with Crippen LogP contribution in [0.1, 0.15) is 65.3 Å². The Morgan fingerprint density at radius 3 is 0.985 bits per heavy atom. The third kappa shape index (κ3) is 10.8. The van der Waals surface area contributed by atoms with Gasteiger partial charge in [0, 0.05) is 22.7 Å². The van der Waals surface area contributed by atoms with Gasteiger partial charge in [-0.15, -0.1) is 0 Å². The number of nitrogens with zero attached hydrogens (tertiary/aromatic N) is 2. The lowest BCUT2D eigenvalue weighted by Gasteiger charge is -2.30. The summed E-state index contributed by atoms with van der Waals surface area (Å²) in [5, 5.41) is 0. The van der Waals surface area contributed by atoms with E-state index in [2.05, 4.69) is 268 Å². The van der Waals surface area contributed by atoms with Crippen molar-refractivity contribution in [2.24, 2.45) is 0 Å². The standard InChI is InChI=1S/C63H58N2/c1-5-53-29-18-20-48(4)62(53)64(58-40-32-51(33-41-58)27-16-14-25-49-21-10-8-11-22-49)60-44-36-56(37-45-60)57-38-46-61(47-39-57)65(63-54(6-2)30-19-31-55(63)7-3)59-42-34-52(35-43-59)28-17-15-26-50-23-12-9-13-24-50/h8-47H,5-7H2,1-4H3/b25-14+,26-15+,27-16+,28-17+. The molecule has 0 atom stereocenters. The number of rotatable bonds is 16. The SMILES string of the molecule is CCc1cccc(C)c1N(c1ccc(/C=C/C=C/c2ccccc2)cc1)c1ccc(-c2ccc(N(c3ccc(/C=C/C=C/c4ccccc4)cc3)c3c(CC)cccc3CC)cc2)cc1. The molecule has 0 amide bonds. The number of aryl methyl sites for hydroxylation is 4. The molecule has 8 aromatic carbocycles. The number of benzene rings is 8. The van der Waals surface area contributed by atoms with Crippen molar-refractivity contribution < 1.29 is 0 Å². The molecule has 0 aliphatic heterocycles. The molecule has 0 radical (unpaired) electrons. The molecule has 0 unspecified atom stereocenters. The van der Waals surface area contributed by atoms with Crippen molar-refractivity contribution in [3.63, 3.8) is 0 Å². The van der Waals surface area contributed by atoms with Gasteiger partial charge in [0.1, 0.15) is 0 Å². The molecular formula is C63H58N2. The Hall–Kier alpha value is -7.68. The van der Waals surface area contributed by atoms with Gasteiger partial charge in [-0.05, 0) is 130 Å². The molecule has 0 fully saturated rings. The summed E-state index contributed by atoms with van der Waals surface area (Å²) in [5.41, 5.74) is 19.4. The number of allylic oxidation sites excluding steroid dienone is 4. The summed E-state index contributed by atoms with van der Waals surface area (Å²) in [6, 6.07) is 70.1. The second kappa shape index (κ2) is 21.6. The van der Waals surface area contributed by atoms with Crippen LogP contribution in [0.5, 0.6) is 0 Å². The molecular weight excluding hydrogens is 785 g/mol. The Balaban J connectivity index is 1.07. The Bertz CT molecular complexity index is 2860. The molecule has 0 spiro atoms. The zero-order valence-corrected chi connectivity index (χ0v) is 38.1. The minimum atomic E-state index is 0.944. The van der Waals surface area contributed by atoms with Gasteiger partial charge in [0.15, 0.2) is 0 Å². The lowest BCUT2D eigenvalue weighted by Crippen LogP contribution is -2.14. The predicted molar refractivity (Wildman–Crippen MR) is 283 cm³/mol. The first-order valence-electron chi connectivity index (χ1n) is 23.0. The van der Waals surface area contributed by atoms with Crippen LogP contribution < -0.4 is 9.80 Å². The van der Waals surface area contributed by atoms with Gasteiger partial charge in [-0.1, -0.05) is 215 Å². The fourth-order valence-electron chi connectivity index (χ4n) is 8.51. The van der Waals surface area contributed by atoms with Crippen LogP contribution in [0.4, 0.5) is 34.1 Å². The highest BCUT2D eigenvalue weighted by atomic mass is 15.2. The number of para-hydroxylation sites is 2. The van der Waals surface area contributed by atoms with Crippen molar-refractivity contribution in [2.45, 2.75) is 47.0 Å². The second-order valence-electron chi connectivity index (χ2n) is 16.3. The zero-order valence-electron chi connectivity index (χ0n) is 38.1. The highest BCUT2D eigenvalue weighted by Crippen LogP contribution is 2.42. The highest BCUT2D eigenvalue weighted by molar-refractivity contribution is 5.84. The Morgan fingerprint density at radius 1 is 0.308 bits per heavy atom. The van der Waals surface area contributed by atoms with E-state index in [1.807, 2.05) is 12.1 Å². The number of anilines is 6. The third-order valence-corrected chi connectivity index (χ3v) is 12.0. The summed E-state index contributed by atoms with van der Waals surface area (Å²) in [4.78, 5) is 4.86. The highest BCUT2D eigenvalue weighted by Gasteiger charge is 2.20. The van der Waals surface area contributed by atoms with Crippen LogP contribution in [0.15, 0.2) is 218 Å². The van der Waals surface area contributed by atoms with Crippen molar-refractivity contribution in [3.8, 4) is 11.1 Å². The maximum Gasteiger partial charge on any atom is 0.0525 e. The summed E-state index contributed by atoms with van der Waals surface area (Å²) >= 11 is 0. The van der Waals surface area contributed by atoms with Crippen molar-refractivity contribution in [1.82, 2.24) is 0 Å². The quantitative estimate of drug-likeness (QED) is 0.0894. The fraction of sp³-hybridized carbons (Fsp3) is 0.111. The number of hydrogen-bond donors (Lipinski definition) is 0. The summed E-state index contributed by atoms with van der Waals surface area (Å²) in [6.07, 6.45) is 19.8. The average Bonchev–Trinajstić information content (AvgIpc) is 3.36. The lowest BCUT2D eigenvalue weighted by molar-refractivity contribution is 1.06. The molecule has 0 heterocycles. The molecule has 2 heteroatoms. The average molecular weight is 843 g/mol. The maximum absolute atomic E-state index is 2.45. The first-order chi connectivity index (χ1) is 32.0. The first kappa shape index (κ1) is 43.9. The van der Waals surface area contributed by atoms with Crippen LogP contribution in [0.25, 0.3) is 35.4 Å². The van der Waals surface area contributed by atoms with E-state index >= 15 is 0 Å². The first-order valence-corrected chi connectivity index (χ1v) is 23.0. The van der Waals surface area contributed by atoms with E-state index in [-0.39, 0.29) is 0 Å². The maximum atomic E-state index is 2.45. The Morgan fingerprint density at radius 2 is 0.615 bits per heavy atom. The monoisotopic (exact) mass is 842 g/mol. The van der Waals surface area contributed by atoms with Crippen LogP contribution in [-0.2, 0) is 19.3 Å². The van der Waals surface area contributed by atoms with Crippen LogP contribution in [0.3, 0.4) is 0 Å². The molecule has 0 aliphatic rings. The van der Waals surface area contributed by atoms with Crippen molar-refractivity contribution in [3.05, 3.63) is 263 Å². The summed E-state index contributed by atoms with van der Waals surface area (Å²) in [5.74, 6) is 0. The smallest absolute Gasteiger partial charge is 0.0525 e. The van der Waals surface area contributed by atoms with Gasteiger partial charge >= 0.3 is 0 Å². The predicted octanol–water partition coefficient (Wildman–Crippen LogP) is 17.7. The van der Waals surface area contributed by atoms with Gasteiger partial charge < -0.3 is 9.80 Å². The third-order valence-electron chi connectivity index (χ3n) is 12.0. The number of hydrogen-bond acceptors (Lipinski definition) is 2. The molecule has 8 rings (SSSR count). The normalized spacial score (nSPS) is 11.6. The molecule has 0 aliphatic carbocycles. The Kier molecular flexibility index (Phi) is 14.6. The molecule has 2 nitrogen and oxygen atoms in total. The zero-order chi connectivity index (χ0) is 44.8. The van der Waals surface area contributed by atoms with Crippen LogP contribution in [0.2, 0.25) is 0 Å². The van der Waals surface area contributed by atoms with Crippen molar-refractivity contribution >= 4 is 58.4 Å². The van der Waals surface area contributed by atoms with E-state index in [0.29, 0.717) is 0 Å². The van der Waals surface area contributed by atoms with Crippen molar-refractivity contribution in [2.75, 3.05) is 9.80 Å². The molecule has 0 aromatic heterocycles. The lowest BCUT2D eigenvalue weighted by atomic mass is 9.99. The van der Waals surface area contributed by atoms with E-state index in [4.69, 9.17) is 0 Å². The van der Waals surface area contributed by atoms with E-state index < -0.39 is 0 Å². The van der Waals surface area contributed by atoms with E-state index in [1.54, 1.807) is 0 Å². The van der Waals surface area contributed by atoms with Gasteiger partial charge in [-0.25, -0.2) is 0 Å². The van der Waals surface area contributed by atoms with Gasteiger partial charge in [0.05, 0.1) is 11.4 Å². The van der Waals surface area contributed by atoms with Gasteiger partial charge in [0.2, 0.25) is 0 Å². The van der Waals surface area contributed by atoms with E-state index in [9.17, 15) is 0 Å². The van der Waals surface area contributed by atoms with Crippen LogP contribution >= 0.6 is 0 Å². The van der Waals surface area contributed by atoms with Crippen LogP contribution in [-0.4, -0.2) is 0 Å². The van der Waals surface area contributed by atoms with Gasteiger partial charge in [-0.3, -0.25) is 0 Å².